The number of hydrogen-bond donors (Lipinski definition) is 0. The minimum Gasteiger partial charge on any atom is -0.222 e. The second-order valence-corrected chi connectivity index (χ2v) is 7.37. The maximum atomic E-state index is 13.4. The lowest BCUT2D eigenvalue weighted by molar-refractivity contribution is -0.897. The first-order chi connectivity index (χ1) is 10.1. The Morgan fingerprint density at radius 1 is 1.09 bits per heavy atom. The van der Waals surface area contributed by atoms with Crippen molar-refractivity contribution in [3.05, 3.63) is 35.9 Å². The van der Waals surface area contributed by atoms with Crippen LogP contribution in [0.5, 0.6) is 0 Å². The molecule has 0 bridgehead atoms. The number of hydrogen-bond acceptors (Lipinski definition) is 2. The molecule has 3 unspecified atom stereocenters. The lowest BCUT2D eigenvalue weighted by Crippen LogP contribution is -2.56. The van der Waals surface area contributed by atoms with Gasteiger partial charge < -0.3 is 0 Å². The highest BCUT2D eigenvalue weighted by molar-refractivity contribution is 5.93. The van der Waals surface area contributed by atoms with E-state index in [0.717, 1.165) is 12.0 Å². The fourth-order valence-electron chi connectivity index (χ4n) is 3.67. The summed E-state index contributed by atoms with van der Waals surface area (Å²) in [6.45, 7) is 6.67. The third-order valence-corrected chi connectivity index (χ3v) is 5.59. The molecule has 2 rings (SSSR count). The highest BCUT2D eigenvalue weighted by atomic mass is 16.2. The van der Waals surface area contributed by atoms with Crippen LogP contribution in [-0.2, 0) is 10.3 Å². The molecule has 120 valence electrons. The average molecular weight is 304 g/mol. The summed E-state index contributed by atoms with van der Waals surface area (Å²) in [4.78, 5) is 26.5. The molecule has 0 aromatic heterocycles. The van der Waals surface area contributed by atoms with Crippen LogP contribution in [0.1, 0.15) is 32.8 Å². The van der Waals surface area contributed by atoms with Crippen molar-refractivity contribution < 1.29 is 18.6 Å². The fraction of sp³-hybridized carbons (Fsp3) is 0.556. The van der Waals surface area contributed by atoms with E-state index in [4.69, 9.17) is 0 Å². The van der Waals surface area contributed by atoms with Gasteiger partial charge in [-0.3, -0.25) is 0 Å². The number of rotatable bonds is 4. The Balaban J connectivity index is 2.58. The number of nitrogens with zero attached hydrogens (tertiary/aromatic N) is 2. The number of carbonyl (C=O) groups excluding carboxylic acids is 2. The van der Waals surface area contributed by atoms with Gasteiger partial charge in [-0.25, -0.2) is 4.79 Å². The van der Waals surface area contributed by atoms with Gasteiger partial charge in [-0.2, -0.15) is 9.28 Å². The Bertz CT molecular complexity index is 596. The lowest BCUT2D eigenvalue weighted by atomic mass is 9.88. The summed E-state index contributed by atoms with van der Waals surface area (Å²) >= 11 is 0. The zero-order valence-corrected chi connectivity index (χ0v) is 14.6. The van der Waals surface area contributed by atoms with Gasteiger partial charge in [0.2, 0.25) is 5.54 Å². The van der Waals surface area contributed by atoms with Crippen LogP contribution in [-0.4, -0.2) is 48.6 Å². The number of amides is 3. The molecule has 1 aromatic rings. The molecule has 22 heavy (non-hydrogen) atoms. The van der Waals surface area contributed by atoms with Crippen LogP contribution in [0, 0.1) is 5.92 Å². The van der Waals surface area contributed by atoms with Crippen molar-refractivity contribution >= 4 is 11.9 Å². The molecule has 4 nitrogen and oxygen atoms in total. The van der Waals surface area contributed by atoms with E-state index in [9.17, 15) is 9.59 Å². The predicted octanol–water partition coefficient (Wildman–Crippen LogP) is 3.13. The van der Waals surface area contributed by atoms with Crippen molar-refractivity contribution in [1.82, 2.24) is 0 Å². The van der Waals surface area contributed by atoms with Gasteiger partial charge in [-0.1, -0.05) is 44.2 Å². The van der Waals surface area contributed by atoms with Gasteiger partial charge in [0.1, 0.15) is 6.54 Å². The molecular formula is C18H28N2O2+2. The van der Waals surface area contributed by atoms with Gasteiger partial charge in [0, 0.05) is 18.4 Å². The third kappa shape index (κ3) is 2.05. The molecule has 0 N–H and O–H groups in total. The Morgan fingerprint density at radius 2 is 1.64 bits per heavy atom. The van der Waals surface area contributed by atoms with E-state index in [0.29, 0.717) is 12.5 Å². The van der Waals surface area contributed by atoms with Crippen molar-refractivity contribution in [2.45, 2.75) is 32.7 Å². The van der Waals surface area contributed by atoms with E-state index in [1.54, 1.807) is 7.05 Å². The lowest BCUT2D eigenvalue weighted by Gasteiger charge is -2.31. The first kappa shape index (κ1) is 16.8. The third-order valence-electron chi connectivity index (χ3n) is 5.59. The van der Waals surface area contributed by atoms with Gasteiger partial charge in [0.05, 0.1) is 21.1 Å². The minimum absolute atomic E-state index is 0.00556. The molecule has 0 saturated carbocycles. The molecule has 0 aliphatic carbocycles. The summed E-state index contributed by atoms with van der Waals surface area (Å²) in [5.41, 5.74) is 0.0601. The number of likely N-dealkylation sites (N-methyl/N-ethyl adjacent to an activating group) is 2. The zero-order valence-electron chi connectivity index (χ0n) is 14.6. The van der Waals surface area contributed by atoms with Crippen molar-refractivity contribution in [2.75, 3.05) is 27.7 Å². The normalized spacial score (nSPS) is 32.3. The minimum atomic E-state index is -0.847. The van der Waals surface area contributed by atoms with Crippen LogP contribution < -0.4 is 0 Å². The van der Waals surface area contributed by atoms with E-state index in [1.165, 1.54) is 0 Å². The molecule has 1 aliphatic rings. The topological polar surface area (TPSA) is 34.1 Å². The molecule has 1 aromatic carbocycles. The van der Waals surface area contributed by atoms with Crippen LogP contribution in [0.15, 0.2) is 30.3 Å². The molecule has 3 atom stereocenters. The molecule has 0 radical (unpaired) electrons. The second-order valence-electron chi connectivity index (χ2n) is 7.37. The number of quaternary nitrogens is 2. The molecule has 0 spiro atoms. The van der Waals surface area contributed by atoms with Crippen LogP contribution in [0.2, 0.25) is 0 Å². The number of benzene rings is 1. The SMILES string of the molecule is CCC(C)C[N+]1(C)C(=O)C(C)(c2ccccc2)[N+](C)(C)C1=O. The summed E-state index contributed by atoms with van der Waals surface area (Å²) in [7, 11) is 5.49. The summed E-state index contributed by atoms with van der Waals surface area (Å²) in [5, 5.41) is 0. The second kappa shape index (κ2) is 5.28. The van der Waals surface area contributed by atoms with Gasteiger partial charge in [-0.15, -0.1) is 4.48 Å². The molecule has 3 amide bonds. The van der Waals surface area contributed by atoms with Crippen LogP contribution in [0.4, 0.5) is 4.79 Å². The van der Waals surface area contributed by atoms with Crippen LogP contribution in [0.3, 0.4) is 0 Å². The van der Waals surface area contributed by atoms with Crippen molar-refractivity contribution in [3.8, 4) is 0 Å². The maximum absolute atomic E-state index is 13.4. The molecule has 1 aliphatic heterocycles. The molecule has 4 heteroatoms. The monoisotopic (exact) mass is 304 g/mol. The Kier molecular flexibility index (Phi) is 4.05. The van der Waals surface area contributed by atoms with Crippen molar-refractivity contribution in [1.29, 1.82) is 0 Å². The maximum Gasteiger partial charge on any atom is 0.522 e. The fourth-order valence-corrected chi connectivity index (χ4v) is 3.67. The van der Waals surface area contributed by atoms with Crippen LogP contribution in [0.25, 0.3) is 0 Å². The largest absolute Gasteiger partial charge is 0.522 e. The van der Waals surface area contributed by atoms with E-state index in [1.807, 2.05) is 51.4 Å². The molecule has 1 saturated heterocycles. The number of imide groups is 1. The number of urea groups is 1. The Hall–Kier alpha value is -1.52. The quantitative estimate of drug-likeness (QED) is 0.632. The predicted molar refractivity (Wildman–Crippen MR) is 86.8 cm³/mol. The smallest absolute Gasteiger partial charge is 0.222 e. The van der Waals surface area contributed by atoms with Crippen LogP contribution >= 0.6 is 0 Å². The van der Waals surface area contributed by atoms with Gasteiger partial charge in [0.15, 0.2) is 0 Å². The number of carbonyl (C=O) groups is 2. The first-order valence-corrected chi connectivity index (χ1v) is 7.97. The highest BCUT2D eigenvalue weighted by Gasteiger charge is 2.74. The highest BCUT2D eigenvalue weighted by Crippen LogP contribution is 2.44. The van der Waals surface area contributed by atoms with Crippen molar-refractivity contribution in [3.63, 3.8) is 0 Å². The summed E-state index contributed by atoms with van der Waals surface area (Å²) in [5.74, 6) is 0.324. The van der Waals surface area contributed by atoms with E-state index < -0.39 is 5.54 Å². The molecule has 1 fully saturated rings. The van der Waals surface area contributed by atoms with Crippen molar-refractivity contribution in [2.24, 2.45) is 5.92 Å². The van der Waals surface area contributed by atoms with Gasteiger partial charge in [0.25, 0.3) is 0 Å². The standard InChI is InChI=1S/C18H28N2O2/c1-7-14(2)13-20(6)16(21)18(3,19(4,5)17(20)22)15-11-9-8-10-12-15/h8-12,14H,7,13H2,1-6H3/q+2. The van der Waals surface area contributed by atoms with E-state index >= 15 is 0 Å². The summed E-state index contributed by atoms with van der Waals surface area (Å²) in [6, 6.07) is 9.65. The van der Waals surface area contributed by atoms with E-state index in [-0.39, 0.29) is 20.9 Å². The van der Waals surface area contributed by atoms with Gasteiger partial charge in [-0.05, 0) is 6.42 Å². The Labute approximate surface area is 133 Å². The molecule has 1 heterocycles. The molecular weight excluding hydrogens is 276 g/mol. The zero-order chi connectivity index (χ0) is 16.8. The average Bonchev–Trinajstić information content (AvgIpc) is 2.61. The Morgan fingerprint density at radius 3 is 2.14 bits per heavy atom. The first-order valence-electron chi connectivity index (χ1n) is 7.97. The summed E-state index contributed by atoms with van der Waals surface area (Å²) < 4.78 is -0.0593. The summed E-state index contributed by atoms with van der Waals surface area (Å²) in [6.07, 6.45) is 0.962. The van der Waals surface area contributed by atoms with Gasteiger partial charge >= 0.3 is 11.9 Å². The van der Waals surface area contributed by atoms with E-state index in [2.05, 4.69) is 13.8 Å².